The Hall–Kier alpha value is -4.62. The minimum atomic E-state index is -0.626. The van der Waals surface area contributed by atoms with Crippen LogP contribution in [0.3, 0.4) is 0 Å². The average molecular weight is 499 g/mol. The zero-order valence-corrected chi connectivity index (χ0v) is 20.4. The molecule has 186 valence electrons. The van der Waals surface area contributed by atoms with E-state index in [0.29, 0.717) is 46.1 Å². The van der Waals surface area contributed by atoms with E-state index in [4.69, 9.17) is 9.47 Å². The van der Waals surface area contributed by atoms with Crippen molar-refractivity contribution in [1.82, 2.24) is 19.7 Å². The molecule has 1 aliphatic rings. The first-order valence-corrected chi connectivity index (χ1v) is 11.6. The average Bonchev–Trinajstić information content (AvgIpc) is 3.29. The van der Waals surface area contributed by atoms with Crippen LogP contribution < -0.4 is 10.1 Å². The normalized spacial score (nSPS) is 14.2. The number of hydrogen-bond donors (Lipinski definition) is 1. The molecule has 0 unspecified atom stereocenters. The van der Waals surface area contributed by atoms with Gasteiger partial charge in [-0.15, -0.1) is 0 Å². The second kappa shape index (κ2) is 9.79. The van der Waals surface area contributed by atoms with Gasteiger partial charge in [0.2, 0.25) is 5.78 Å². The van der Waals surface area contributed by atoms with E-state index in [1.54, 1.807) is 57.7 Å². The second-order valence-electron chi connectivity index (χ2n) is 8.44. The zero-order valence-electron chi connectivity index (χ0n) is 20.4. The maximum atomic E-state index is 14.4. The molecule has 9 nitrogen and oxygen atoms in total. The molecule has 0 aliphatic carbocycles. The molecule has 1 aromatic carbocycles. The lowest BCUT2D eigenvalue weighted by atomic mass is 9.92. The Labute approximate surface area is 212 Å². The Balaban J connectivity index is 1.87. The van der Waals surface area contributed by atoms with E-state index in [1.807, 2.05) is 0 Å². The van der Waals surface area contributed by atoms with Gasteiger partial charge in [0, 0.05) is 43.2 Å². The van der Waals surface area contributed by atoms with Crippen molar-refractivity contribution < 1.29 is 18.7 Å². The summed E-state index contributed by atoms with van der Waals surface area (Å²) in [5, 5.41) is 17.6. The molecule has 0 spiro atoms. The van der Waals surface area contributed by atoms with Gasteiger partial charge in [0.1, 0.15) is 29.4 Å². The number of carbonyl (C=O) groups is 1. The third kappa shape index (κ3) is 4.19. The Morgan fingerprint density at radius 1 is 1.22 bits per heavy atom. The van der Waals surface area contributed by atoms with Crippen LogP contribution in [-0.2, 0) is 11.3 Å². The lowest BCUT2D eigenvalue weighted by Crippen LogP contribution is -2.12. The van der Waals surface area contributed by atoms with Crippen LogP contribution in [0, 0.1) is 17.1 Å². The van der Waals surface area contributed by atoms with Crippen LogP contribution in [0.5, 0.6) is 5.75 Å². The summed E-state index contributed by atoms with van der Waals surface area (Å²) in [5.74, 6) is -0.0446. The number of fused-ring (bicyclic) bond motifs is 7. The predicted octanol–water partition coefficient (Wildman–Crippen LogP) is 4.39. The van der Waals surface area contributed by atoms with Crippen molar-refractivity contribution in [2.24, 2.45) is 0 Å². The van der Waals surface area contributed by atoms with Crippen LogP contribution in [0.4, 0.5) is 10.2 Å². The maximum Gasteiger partial charge on any atom is 0.216 e. The first kappa shape index (κ1) is 24.1. The van der Waals surface area contributed by atoms with Crippen LogP contribution >= 0.6 is 0 Å². The molecule has 2 bridgehead atoms. The van der Waals surface area contributed by atoms with Gasteiger partial charge in [-0.1, -0.05) is 0 Å². The highest BCUT2D eigenvalue weighted by atomic mass is 19.1. The fraction of sp³-hybridized carbons (Fsp3) is 0.222. The molecule has 1 N–H and O–H groups in total. The van der Waals surface area contributed by atoms with Crippen LogP contribution in [0.15, 0.2) is 48.8 Å². The topological polar surface area (TPSA) is 115 Å². The minimum absolute atomic E-state index is 0.0733. The van der Waals surface area contributed by atoms with Crippen molar-refractivity contribution >= 4 is 11.6 Å². The SMILES string of the molecule is CNc1ncc2cc1O[C@H](C)c1cc(F)ccc1-c1ncccc1C(=O)c1nn(CCOC)c(C#N)c1-2. The lowest BCUT2D eigenvalue weighted by Gasteiger charge is -2.22. The molecule has 4 aromatic rings. The predicted molar refractivity (Wildman–Crippen MR) is 134 cm³/mol. The number of nitriles is 1. The Morgan fingerprint density at radius 3 is 2.81 bits per heavy atom. The highest BCUT2D eigenvalue weighted by Crippen LogP contribution is 2.39. The molecule has 0 radical (unpaired) electrons. The number of ketones is 1. The molecular weight excluding hydrogens is 475 g/mol. The van der Waals surface area contributed by atoms with Gasteiger partial charge in [-0.05, 0) is 43.3 Å². The van der Waals surface area contributed by atoms with Crippen molar-refractivity contribution in [1.29, 1.82) is 5.26 Å². The van der Waals surface area contributed by atoms with E-state index >= 15 is 0 Å². The van der Waals surface area contributed by atoms with E-state index in [-0.39, 0.29) is 23.5 Å². The number of ether oxygens (including phenoxy) is 2. The first-order valence-electron chi connectivity index (χ1n) is 11.6. The monoisotopic (exact) mass is 498 g/mol. The van der Waals surface area contributed by atoms with Crippen LogP contribution in [0.1, 0.15) is 40.3 Å². The number of benzene rings is 1. The summed E-state index contributed by atoms with van der Waals surface area (Å²) in [4.78, 5) is 23.0. The third-order valence-electron chi connectivity index (χ3n) is 6.22. The summed E-state index contributed by atoms with van der Waals surface area (Å²) in [6, 6.07) is 11.5. The van der Waals surface area contributed by atoms with Crippen molar-refractivity contribution in [3.8, 4) is 34.2 Å². The van der Waals surface area contributed by atoms with Crippen LogP contribution in [-0.4, -0.2) is 46.3 Å². The molecule has 0 saturated heterocycles. The Kier molecular flexibility index (Phi) is 6.38. The third-order valence-corrected chi connectivity index (χ3v) is 6.22. The van der Waals surface area contributed by atoms with Gasteiger partial charge in [-0.3, -0.25) is 14.5 Å². The number of pyridine rings is 2. The largest absolute Gasteiger partial charge is 0.482 e. The molecule has 0 fully saturated rings. The van der Waals surface area contributed by atoms with Gasteiger partial charge < -0.3 is 14.8 Å². The molecule has 0 amide bonds. The highest BCUT2D eigenvalue weighted by molar-refractivity contribution is 6.15. The molecule has 10 heteroatoms. The molecule has 37 heavy (non-hydrogen) atoms. The van der Waals surface area contributed by atoms with Gasteiger partial charge in [0.15, 0.2) is 11.6 Å². The number of rotatable bonds is 4. The van der Waals surface area contributed by atoms with Gasteiger partial charge >= 0.3 is 0 Å². The molecule has 3 aromatic heterocycles. The molecule has 5 rings (SSSR count). The Bertz CT molecular complexity index is 1560. The lowest BCUT2D eigenvalue weighted by molar-refractivity contribution is 0.103. The Morgan fingerprint density at radius 2 is 2.05 bits per heavy atom. The highest BCUT2D eigenvalue weighted by Gasteiger charge is 2.30. The summed E-state index contributed by atoms with van der Waals surface area (Å²) in [5.41, 5.74) is 2.79. The van der Waals surface area contributed by atoms with Crippen LogP contribution in [0.2, 0.25) is 0 Å². The fourth-order valence-corrected chi connectivity index (χ4v) is 4.48. The molecular formula is C27H23FN6O3. The summed E-state index contributed by atoms with van der Waals surface area (Å²) >= 11 is 0. The van der Waals surface area contributed by atoms with Crippen molar-refractivity contribution in [2.75, 3.05) is 26.1 Å². The second-order valence-corrected chi connectivity index (χ2v) is 8.44. The van der Waals surface area contributed by atoms with Gasteiger partial charge in [0.25, 0.3) is 0 Å². The first-order chi connectivity index (χ1) is 18.0. The van der Waals surface area contributed by atoms with E-state index in [9.17, 15) is 14.4 Å². The van der Waals surface area contributed by atoms with Crippen molar-refractivity contribution in [2.45, 2.75) is 19.6 Å². The smallest absolute Gasteiger partial charge is 0.216 e. The van der Waals surface area contributed by atoms with E-state index in [0.717, 1.165) is 0 Å². The summed E-state index contributed by atoms with van der Waals surface area (Å²) < 4.78 is 27.3. The van der Waals surface area contributed by atoms with E-state index in [1.165, 1.54) is 16.8 Å². The number of nitrogens with one attached hydrogen (secondary N) is 1. The van der Waals surface area contributed by atoms with Crippen molar-refractivity contribution in [3.05, 3.63) is 77.1 Å². The fourth-order valence-electron chi connectivity index (χ4n) is 4.48. The minimum Gasteiger partial charge on any atom is -0.482 e. The number of nitrogens with zero attached hydrogens (tertiary/aromatic N) is 5. The quantitative estimate of drug-likeness (QED) is 0.441. The number of carbonyl (C=O) groups excluding carboxylic acids is 1. The number of hydrogen-bond acceptors (Lipinski definition) is 8. The molecule has 1 aliphatic heterocycles. The molecule has 4 heterocycles. The number of halogens is 1. The maximum absolute atomic E-state index is 14.4. The molecule has 0 saturated carbocycles. The van der Waals surface area contributed by atoms with Gasteiger partial charge in [0.05, 0.1) is 30.0 Å². The summed E-state index contributed by atoms with van der Waals surface area (Å²) in [7, 11) is 3.25. The van der Waals surface area contributed by atoms with E-state index < -0.39 is 17.7 Å². The summed E-state index contributed by atoms with van der Waals surface area (Å²) in [6.07, 6.45) is 2.50. The van der Waals surface area contributed by atoms with E-state index in [2.05, 4.69) is 26.5 Å². The van der Waals surface area contributed by atoms with Crippen molar-refractivity contribution in [3.63, 3.8) is 0 Å². The number of aromatic nitrogens is 4. The number of methoxy groups -OCH3 is 1. The van der Waals surface area contributed by atoms with Gasteiger partial charge in [-0.2, -0.15) is 10.4 Å². The van der Waals surface area contributed by atoms with Gasteiger partial charge in [-0.25, -0.2) is 9.37 Å². The standard InChI is InChI=1S/C27H23FN6O3/c1-15-20-12-17(28)6-7-18(20)24-19(5-4-8-31-24)26(35)25-23(21(13-29)34(33-25)9-10-36-3)16-11-22(37-15)27(30-2)32-14-16/h4-8,11-12,14-15H,9-10H2,1-3H3,(H,30,32)/t15-/m1/s1. The number of anilines is 1. The molecule has 1 atom stereocenters. The zero-order chi connectivity index (χ0) is 26.1. The van der Waals surface area contributed by atoms with Crippen LogP contribution in [0.25, 0.3) is 22.4 Å². The summed E-state index contributed by atoms with van der Waals surface area (Å²) in [6.45, 7) is 2.35.